The van der Waals surface area contributed by atoms with E-state index in [-0.39, 0.29) is 30.2 Å². The van der Waals surface area contributed by atoms with Crippen molar-refractivity contribution < 1.29 is 14.4 Å². The maximum absolute atomic E-state index is 12.8. The van der Waals surface area contributed by atoms with Gasteiger partial charge in [0.15, 0.2) is 0 Å². The maximum Gasteiger partial charge on any atom is 0.255 e. The van der Waals surface area contributed by atoms with Crippen LogP contribution in [0.3, 0.4) is 0 Å². The van der Waals surface area contributed by atoms with Crippen molar-refractivity contribution in [1.82, 2.24) is 5.32 Å². The summed E-state index contributed by atoms with van der Waals surface area (Å²) in [7, 11) is 0. The van der Waals surface area contributed by atoms with E-state index in [4.69, 9.17) is 0 Å². The third-order valence-corrected chi connectivity index (χ3v) is 5.60. The highest BCUT2D eigenvalue weighted by atomic mass is 16.2. The van der Waals surface area contributed by atoms with Gasteiger partial charge in [0, 0.05) is 29.9 Å². The predicted octanol–water partition coefficient (Wildman–Crippen LogP) is 4.17. The Morgan fingerprint density at radius 3 is 2.34 bits per heavy atom. The first-order chi connectivity index (χ1) is 15.5. The van der Waals surface area contributed by atoms with Gasteiger partial charge < -0.3 is 15.5 Å². The van der Waals surface area contributed by atoms with Crippen LogP contribution in [0.2, 0.25) is 0 Å². The van der Waals surface area contributed by atoms with E-state index >= 15 is 0 Å². The number of nitrogens with zero attached hydrogens (tertiary/aromatic N) is 1. The Kier molecular flexibility index (Phi) is 6.31. The molecule has 3 aromatic carbocycles. The van der Waals surface area contributed by atoms with Gasteiger partial charge in [-0.25, -0.2) is 0 Å². The van der Waals surface area contributed by atoms with Crippen LogP contribution in [0.1, 0.15) is 35.3 Å². The minimum atomic E-state index is -0.397. The number of nitrogens with one attached hydrogen (secondary N) is 2. The van der Waals surface area contributed by atoms with Gasteiger partial charge in [-0.2, -0.15) is 0 Å². The van der Waals surface area contributed by atoms with Gasteiger partial charge in [0.25, 0.3) is 5.91 Å². The molecule has 1 saturated heterocycles. The highest BCUT2D eigenvalue weighted by Crippen LogP contribution is 2.26. The molecule has 2 atom stereocenters. The van der Waals surface area contributed by atoms with E-state index in [0.717, 1.165) is 11.3 Å². The number of rotatable bonds is 6. The number of benzene rings is 3. The number of amides is 3. The number of carbonyl (C=O) groups excluding carboxylic acids is 3. The standard InChI is InChI=1S/C26H25N3O3/c1-18(20-11-8-12-22(15-20)28-25(31)19-9-4-2-5-10-19)27-26(32)21-16-24(30)29(17-21)23-13-6-3-7-14-23/h2-15,18,21H,16-17H2,1H3,(H,27,32)(H,28,31)/t18-,21+/m1/s1. The van der Waals surface area contributed by atoms with E-state index in [1.807, 2.05) is 79.7 Å². The van der Waals surface area contributed by atoms with Gasteiger partial charge in [-0.3, -0.25) is 14.4 Å². The molecule has 0 bridgehead atoms. The summed E-state index contributed by atoms with van der Waals surface area (Å²) < 4.78 is 0. The Labute approximate surface area is 187 Å². The average molecular weight is 428 g/mol. The van der Waals surface area contributed by atoms with Crippen molar-refractivity contribution in [2.75, 3.05) is 16.8 Å². The molecule has 0 radical (unpaired) electrons. The Bertz CT molecular complexity index is 1120. The van der Waals surface area contributed by atoms with Gasteiger partial charge in [-0.1, -0.05) is 48.5 Å². The van der Waals surface area contributed by atoms with Crippen LogP contribution < -0.4 is 15.5 Å². The second kappa shape index (κ2) is 9.47. The van der Waals surface area contributed by atoms with Crippen LogP contribution in [-0.2, 0) is 9.59 Å². The van der Waals surface area contributed by atoms with Gasteiger partial charge in [-0.15, -0.1) is 0 Å². The summed E-state index contributed by atoms with van der Waals surface area (Å²) in [6.45, 7) is 2.26. The first-order valence-corrected chi connectivity index (χ1v) is 10.6. The summed E-state index contributed by atoms with van der Waals surface area (Å²) in [5.41, 5.74) is 2.91. The van der Waals surface area contributed by atoms with Crippen molar-refractivity contribution in [2.45, 2.75) is 19.4 Å². The number of para-hydroxylation sites is 1. The third kappa shape index (κ3) is 4.86. The Morgan fingerprint density at radius 1 is 0.938 bits per heavy atom. The summed E-state index contributed by atoms with van der Waals surface area (Å²) in [4.78, 5) is 39.3. The summed E-state index contributed by atoms with van der Waals surface area (Å²) in [5, 5.41) is 5.90. The highest BCUT2D eigenvalue weighted by Gasteiger charge is 2.35. The molecular formula is C26H25N3O3. The van der Waals surface area contributed by atoms with Crippen LogP contribution in [0.5, 0.6) is 0 Å². The van der Waals surface area contributed by atoms with Crippen LogP contribution in [0, 0.1) is 5.92 Å². The predicted molar refractivity (Wildman–Crippen MR) is 124 cm³/mol. The van der Waals surface area contributed by atoms with Crippen LogP contribution in [-0.4, -0.2) is 24.3 Å². The molecule has 162 valence electrons. The second-order valence-electron chi connectivity index (χ2n) is 7.92. The van der Waals surface area contributed by atoms with E-state index in [1.54, 1.807) is 17.0 Å². The van der Waals surface area contributed by atoms with Gasteiger partial charge in [-0.05, 0) is 48.9 Å². The molecule has 3 aromatic rings. The lowest BCUT2D eigenvalue weighted by Gasteiger charge is -2.19. The molecule has 0 aliphatic carbocycles. The zero-order valence-corrected chi connectivity index (χ0v) is 17.8. The molecule has 1 aliphatic heterocycles. The third-order valence-electron chi connectivity index (χ3n) is 5.60. The molecule has 32 heavy (non-hydrogen) atoms. The monoisotopic (exact) mass is 427 g/mol. The van der Waals surface area contributed by atoms with Crippen molar-refractivity contribution in [3.05, 3.63) is 96.1 Å². The molecule has 1 aliphatic rings. The second-order valence-corrected chi connectivity index (χ2v) is 7.92. The summed E-state index contributed by atoms with van der Waals surface area (Å²) >= 11 is 0. The number of carbonyl (C=O) groups is 3. The number of hydrogen-bond donors (Lipinski definition) is 2. The smallest absolute Gasteiger partial charge is 0.255 e. The van der Waals surface area contributed by atoms with Crippen molar-refractivity contribution in [3.63, 3.8) is 0 Å². The fourth-order valence-electron chi connectivity index (χ4n) is 3.83. The van der Waals surface area contributed by atoms with E-state index < -0.39 is 5.92 Å². The van der Waals surface area contributed by atoms with Gasteiger partial charge in [0.2, 0.25) is 11.8 Å². The lowest BCUT2D eigenvalue weighted by atomic mass is 10.0. The first kappa shape index (κ1) is 21.3. The first-order valence-electron chi connectivity index (χ1n) is 10.6. The Balaban J connectivity index is 1.38. The van der Waals surface area contributed by atoms with Crippen LogP contribution in [0.4, 0.5) is 11.4 Å². The van der Waals surface area contributed by atoms with E-state index in [1.165, 1.54) is 0 Å². The largest absolute Gasteiger partial charge is 0.349 e. The van der Waals surface area contributed by atoms with E-state index in [0.29, 0.717) is 17.8 Å². The lowest BCUT2D eigenvalue weighted by molar-refractivity contribution is -0.126. The van der Waals surface area contributed by atoms with Crippen molar-refractivity contribution >= 4 is 29.1 Å². The molecule has 0 spiro atoms. The van der Waals surface area contributed by atoms with Crippen molar-refractivity contribution in [1.29, 1.82) is 0 Å². The average Bonchev–Trinajstić information content (AvgIpc) is 3.22. The zero-order valence-electron chi connectivity index (χ0n) is 17.8. The molecular weight excluding hydrogens is 402 g/mol. The normalized spacial score (nSPS) is 16.5. The number of anilines is 2. The minimum absolute atomic E-state index is 0.0466. The Hall–Kier alpha value is -3.93. The molecule has 3 amide bonds. The molecule has 1 fully saturated rings. The minimum Gasteiger partial charge on any atom is -0.349 e. The van der Waals surface area contributed by atoms with Gasteiger partial charge in [0.1, 0.15) is 0 Å². The van der Waals surface area contributed by atoms with E-state index in [2.05, 4.69) is 10.6 Å². The summed E-state index contributed by atoms with van der Waals surface area (Å²) in [6.07, 6.45) is 0.195. The molecule has 6 heteroatoms. The highest BCUT2D eigenvalue weighted by molar-refractivity contribution is 6.04. The van der Waals surface area contributed by atoms with Crippen LogP contribution >= 0.6 is 0 Å². The van der Waals surface area contributed by atoms with Crippen molar-refractivity contribution in [3.8, 4) is 0 Å². The zero-order chi connectivity index (χ0) is 22.5. The molecule has 0 unspecified atom stereocenters. The molecule has 2 N–H and O–H groups in total. The summed E-state index contributed by atoms with van der Waals surface area (Å²) in [5.74, 6) is -0.784. The molecule has 6 nitrogen and oxygen atoms in total. The molecule has 4 rings (SSSR count). The SMILES string of the molecule is C[C@@H](NC(=O)[C@H]1CC(=O)N(c2ccccc2)C1)c1cccc(NC(=O)c2ccccc2)c1. The lowest BCUT2D eigenvalue weighted by Crippen LogP contribution is -2.34. The van der Waals surface area contributed by atoms with Crippen molar-refractivity contribution in [2.24, 2.45) is 5.92 Å². The topological polar surface area (TPSA) is 78.5 Å². The quantitative estimate of drug-likeness (QED) is 0.620. The number of hydrogen-bond acceptors (Lipinski definition) is 3. The van der Waals surface area contributed by atoms with Gasteiger partial charge in [0.05, 0.1) is 12.0 Å². The fourth-order valence-corrected chi connectivity index (χ4v) is 3.83. The van der Waals surface area contributed by atoms with E-state index in [9.17, 15) is 14.4 Å². The molecule has 0 aromatic heterocycles. The summed E-state index contributed by atoms with van der Waals surface area (Å²) in [6, 6.07) is 25.5. The molecule has 1 heterocycles. The maximum atomic E-state index is 12.8. The van der Waals surface area contributed by atoms with Gasteiger partial charge >= 0.3 is 0 Å². The fraction of sp³-hybridized carbons (Fsp3) is 0.192. The van der Waals surface area contributed by atoms with Crippen LogP contribution in [0.15, 0.2) is 84.9 Å². The Morgan fingerprint density at radius 2 is 1.62 bits per heavy atom. The molecule has 0 saturated carbocycles. The van der Waals surface area contributed by atoms with Crippen LogP contribution in [0.25, 0.3) is 0 Å².